The molecule has 0 aliphatic carbocycles. The standard InChI is InChI=1S/C10H17NO/c1-5-9-11-7-8(12-9)6-10(2,3)4/h7H,5-6H2,1-4H3. The maximum Gasteiger partial charge on any atom is 0.194 e. The Balaban J connectivity index is 2.64. The van der Waals surface area contributed by atoms with Crippen LogP contribution >= 0.6 is 0 Å². The summed E-state index contributed by atoms with van der Waals surface area (Å²) in [5, 5.41) is 0. The van der Waals surface area contributed by atoms with Crippen molar-refractivity contribution < 1.29 is 4.42 Å². The Labute approximate surface area is 74.0 Å². The van der Waals surface area contributed by atoms with Gasteiger partial charge in [-0.15, -0.1) is 0 Å². The minimum Gasteiger partial charge on any atom is -0.446 e. The molecule has 1 heterocycles. The van der Waals surface area contributed by atoms with E-state index >= 15 is 0 Å². The molecule has 0 fully saturated rings. The Morgan fingerprint density at radius 3 is 2.50 bits per heavy atom. The van der Waals surface area contributed by atoms with Crippen LogP contribution in [0.4, 0.5) is 0 Å². The van der Waals surface area contributed by atoms with Crippen molar-refractivity contribution in [1.29, 1.82) is 0 Å². The lowest BCUT2D eigenvalue weighted by Crippen LogP contribution is -2.08. The fraction of sp³-hybridized carbons (Fsp3) is 0.700. The third-order valence-corrected chi connectivity index (χ3v) is 1.61. The molecule has 2 nitrogen and oxygen atoms in total. The van der Waals surface area contributed by atoms with Gasteiger partial charge >= 0.3 is 0 Å². The van der Waals surface area contributed by atoms with Crippen LogP contribution in [0.3, 0.4) is 0 Å². The van der Waals surface area contributed by atoms with Crippen LogP contribution in [0.1, 0.15) is 39.3 Å². The molecule has 0 unspecified atom stereocenters. The molecule has 0 bridgehead atoms. The van der Waals surface area contributed by atoms with E-state index in [4.69, 9.17) is 4.42 Å². The van der Waals surface area contributed by atoms with Crippen molar-refractivity contribution in [3.05, 3.63) is 17.8 Å². The Morgan fingerprint density at radius 2 is 2.08 bits per heavy atom. The minimum atomic E-state index is 0.282. The summed E-state index contributed by atoms with van der Waals surface area (Å²) < 4.78 is 5.50. The molecule has 0 N–H and O–H groups in total. The van der Waals surface area contributed by atoms with Crippen LogP contribution in [0.15, 0.2) is 10.6 Å². The van der Waals surface area contributed by atoms with Gasteiger partial charge in [-0.05, 0) is 5.41 Å². The molecule has 0 saturated heterocycles. The van der Waals surface area contributed by atoms with Gasteiger partial charge in [-0.3, -0.25) is 0 Å². The van der Waals surface area contributed by atoms with E-state index < -0.39 is 0 Å². The fourth-order valence-corrected chi connectivity index (χ4v) is 1.12. The van der Waals surface area contributed by atoms with Gasteiger partial charge in [0.2, 0.25) is 0 Å². The van der Waals surface area contributed by atoms with E-state index in [2.05, 4.69) is 25.8 Å². The van der Waals surface area contributed by atoms with E-state index in [1.54, 1.807) is 0 Å². The largest absolute Gasteiger partial charge is 0.446 e. The molecule has 0 amide bonds. The molecular formula is C10H17NO. The topological polar surface area (TPSA) is 26.0 Å². The lowest BCUT2D eigenvalue weighted by Gasteiger charge is -2.15. The van der Waals surface area contributed by atoms with E-state index in [1.165, 1.54) is 0 Å². The summed E-state index contributed by atoms with van der Waals surface area (Å²) >= 11 is 0. The molecule has 0 atom stereocenters. The smallest absolute Gasteiger partial charge is 0.194 e. The van der Waals surface area contributed by atoms with Crippen LogP contribution in [0.5, 0.6) is 0 Å². The molecule has 0 aromatic carbocycles. The van der Waals surface area contributed by atoms with Gasteiger partial charge in [-0.1, -0.05) is 27.7 Å². The zero-order chi connectivity index (χ0) is 9.19. The summed E-state index contributed by atoms with van der Waals surface area (Å²) in [6.45, 7) is 8.64. The molecule has 2 heteroatoms. The van der Waals surface area contributed by atoms with Gasteiger partial charge in [0.1, 0.15) is 5.76 Å². The van der Waals surface area contributed by atoms with Crippen molar-refractivity contribution in [2.45, 2.75) is 40.5 Å². The van der Waals surface area contributed by atoms with Gasteiger partial charge in [0, 0.05) is 12.8 Å². The minimum absolute atomic E-state index is 0.282. The molecule has 1 rings (SSSR count). The highest BCUT2D eigenvalue weighted by Gasteiger charge is 2.14. The van der Waals surface area contributed by atoms with Crippen LogP contribution in [0.25, 0.3) is 0 Å². The van der Waals surface area contributed by atoms with Crippen molar-refractivity contribution in [1.82, 2.24) is 4.98 Å². The first-order chi connectivity index (χ1) is 5.51. The molecule has 1 aromatic heterocycles. The Morgan fingerprint density at radius 1 is 1.42 bits per heavy atom. The SMILES string of the molecule is CCc1ncc(CC(C)(C)C)o1. The Bertz CT molecular complexity index is 245. The number of aryl methyl sites for hydroxylation is 1. The van der Waals surface area contributed by atoms with Crippen molar-refractivity contribution >= 4 is 0 Å². The predicted octanol–water partition coefficient (Wildman–Crippen LogP) is 2.83. The molecule has 0 spiro atoms. The molecule has 0 aliphatic rings. The normalized spacial score (nSPS) is 12.0. The first kappa shape index (κ1) is 9.30. The molecular weight excluding hydrogens is 150 g/mol. The molecule has 1 aromatic rings. The van der Waals surface area contributed by atoms with Gasteiger partial charge in [0.05, 0.1) is 6.20 Å². The van der Waals surface area contributed by atoms with E-state index in [9.17, 15) is 0 Å². The summed E-state index contributed by atoms with van der Waals surface area (Å²) in [5.74, 6) is 1.84. The third-order valence-electron chi connectivity index (χ3n) is 1.61. The van der Waals surface area contributed by atoms with Gasteiger partial charge < -0.3 is 4.42 Å². The fourth-order valence-electron chi connectivity index (χ4n) is 1.12. The van der Waals surface area contributed by atoms with Crippen molar-refractivity contribution in [3.63, 3.8) is 0 Å². The van der Waals surface area contributed by atoms with Crippen LogP contribution < -0.4 is 0 Å². The van der Waals surface area contributed by atoms with E-state index in [0.29, 0.717) is 0 Å². The zero-order valence-electron chi connectivity index (χ0n) is 8.35. The highest BCUT2D eigenvalue weighted by Crippen LogP contribution is 2.20. The van der Waals surface area contributed by atoms with Gasteiger partial charge in [-0.25, -0.2) is 4.98 Å². The number of aromatic nitrogens is 1. The highest BCUT2D eigenvalue weighted by atomic mass is 16.4. The molecule has 0 aliphatic heterocycles. The number of nitrogens with zero attached hydrogens (tertiary/aromatic N) is 1. The van der Waals surface area contributed by atoms with Crippen molar-refractivity contribution in [2.24, 2.45) is 5.41 Å². The maximum atomic E-state index is 5.50. The monoisotopic (exact) mass is 167 g/mol. The molecule has 0 saturated carbocycles. The van der Waals surface area contributed by atoms with Crippen molar-refractivity contribution in [3.8, 4) is 0 Å². The third kappa shape index (κ3) is 2.68. The average molecular weight is 167 g/mol. The second-order valence-corrected chi connectivity index (χ2v) is 4.31. The second kappa shape index (κ2) is 3.30. The number of hydrogen-bond acceptors (Lipinski definition) is 2. The molecule has 0 radical (unpaired) electrons. The first-order valence-corrected chi connectivity index (χ1v) is 4.45. The summed E-state index contributed by atoms with van der Waals surface area (Å²) in [4.78, 5) is 4.15. The van der Waals surface area contributed by atoms with Crippen LogP contribution in [0, 0.1) is 5.41 Å². The summed E-state index contributed by atoms with van der Waals surface area (Å²) in [6, 6.07) is 0. The molecule has 12 heavy (non-hydrogen) atoms. The number of hydrogen-bond donors (Lipinski definition) is 0. The summed E-state index contributed by atoms with van der Waals surface area (Å²) in [7, 11) is 0. The molecule has 68 valence electrons. The lowest BCUT2D eigenvalue weighted by atomic mass is 9.91. The Kier molecular flexibility index (Phi) is 2.55. The number of rotatable bonds is 2. The first-order valence-electron chi connectivity index (χ1n) is 4.45. The number of oxazole rings is 1. The predicted molar refractivity (Wildman–Crippen MR) is 49.0 cm³/mol. The average Bonchev–Trinajstić information content (AvgIpc) is 2.32. The van der Waals surface area contributed by atoms with Gasteiger partial charge in [0.15, 0.2) is 5.89 Å². The Hall–Kier alpha value is -0.790. The maximum absolute atomic E-state index is 5.50. The van der Waals surface area contributed by atoms with E-state index in [0.717, 1.165) is 24.5 Å². The summed E-state index contributed by atoms with van der Waals surface area (Å²) in [6.07, 6.45) is 3.67. The van der Waals surface area contributed by atoms with E-state index in [1.807, 2.05) is 13.1 Å². The quantitative estimate of drug-likeness (QED) is 0.677. The lowest BCUT2D eigenvalue weighted by molar-refractivity contribution is 0.353. The highest BCUT2D eigenvalue weighted by molar-refractivity contribution is 4.96. The summed E-state index contributed by atoms with van der Waals surface area (Å²) in [5.41, 5.74) is 0.282. The van der Waals surface area contributed by atoms with E-state index in [-0.39, 0.29) is 5.41 Å². The van der Waals surface area contributed by atoms with Crippen LogP contribution in [-0.2, 0) is 12.8 Å². The van der Waals surface area contributed by atoms with Crippen molar-refractivity contribution in [2.75, 3.05) is 0 Å². The zero-order valence-corrected chi connectivity index (χ0v) is 8.35. The second-order valence-electron chi connectivity index (χ2n) is 4.31. The van der Waals surface area contributed by atoms with Gasteiger partial charge in [0.25, 0.3) is 0 Å². The van der Waals surface area contributed by atoms with Gasteiger partial charge in [-0.2, -0.15) is 0 Å². The van der Waals surface area contributed by atoms with Crippen LogP contribution in [0.2, 0.25) is 0 Å². The van der Waals surface area contributed by atoms with Crippen LogP contribution in [-0.4, -0.2) is 4.98 Å².